The number of carbonyl (C=O) groups excluding carboxylic acids is 1. The Labute approximate surface area is 140 Å². The zero-order valence-corrected chi connectivity index (χ0v) is 14.2. The van der Waals surface area contributed by atoms with Gasteiger partial charge in [0.2, 0.25) is 0 Å². The van der Waals surface area contributed by atoms with E-state index in [1.54, 1.807) is 6.07 Å². The van der Waals surface area contributed by atoms with Crippen molar-refractivity contribution in [3.8, 4) is 0 Å². The molecule has 2 aromatic rings. The summed E-state index contributed by atoms with van der Waals surface area (Å²) in [5, 5.41) is 3.68. The highest BCUT2D eigenvalue weighted by atomic mass is 79.9. The van der Waals surface area contributed by atoms with Crippen LogP contribution >= 0.6 is 50.7 Å². The molecule has 0 saturated heterocycles. The van der Waals surface area contributed by atoms with Crippen molar-refractivity contribution >= 4 is 62.3 Å². The molecule has 0 spiro atoms. The molecule has 0 aromatic heterocycles. The maximum atomic E-state index is 12.2. The van der Waals surface area contributed by atoms with Crippen LogP contribution in [0.3, 0.4) is 0 Å². The SMILES string of the molecule is Cc1ccc(C(=O)Nc2c(Cl)cc(Cl)cc2Cl)c(Br)c1. The van der Waals surface area contributed by atoms with Gasteiger partial charge in [0.1, 0.15) is 0 Å². The molecule has 0 fully saturated rings. The topological polar surface area (TPSA) is 29.1 Å². The molecule has 0 aliphatic heterocycles. The van der Waals surface area contributed by atoms with E-state index in [0.29, 0.717) is 30.8 Å². The van der Waals surface area contributed by atoms with Crippen molar-refractivity contribution in [2.75, 3.05) is 5.32 Å². The Bertz CT molecular complexity index is 665. The normalized spacial score (nSPS) is 10.4. The molecule has 0 saturated carbocycles. The van der Waals surface area contributed by atoms with E-state index in [1.807, 2.05) is 19.1 Å². The fraction of sp³-hybridized carbons (Fsp3) is 0.0714. The Morgan fingerprint density at radius 3 is 2.25 bits per heavy atom. The first-order chi connectivity index (χ1) is 9.38. The maximum absolute atomic E-state index is 12.2. The van der Waals surface area contributed by atoms with Crippen molar-refractivity contribution in [2.24, 2.45) is 0 Å². The second-order valence-corrected chi connectivity index (χ2v) is 6.29. The molecule has 0 aliphatic rings. The van der Waals surface area contributed by atoms with Gasteiger partial charge in [0.05, 0.1) is 21.3 Å². The number of nitrogens with one attached hydrogen (secondary N) is 1. The number of benzene rings is 2. The molecule has 2 aromatic carbocycles. The van der Waals surface area contributed by atoms with E-state index in [9.17, 15) is 4.79 Å². The molecule has 2 nitrogen and oxygen atoms in total. The lowest BCUT2D eigenvalue weighted by atomic mass is 10.1. The summed E-state index contributed by atoms with van der Waals surface area (Å²) in [6.07, 6.45) is 0. The van der Waals surface area contributed by atoms with Crippen LogP contribution in [0.15, 0.2) is 34.8 Å². The lowest BCUT2D eigenvalue weighted by molar-refractivity contribution is 0.102. The van der Waals surface area contributed by atoms with Gasteiger partial charge >= 0.3 is 0 Å². The molecule has 0 aliphatic carbocycles. The third kappa shape index (κ3) is 3.47. The van der Waals surface area contributed by atoms with Crippen LogP contribution in [0, 0.1) is 6.92 Å². The summed E-state index contributed by atoms with van der Waals surface area (Å²) in [5.74, 6) is -0.303. The van der Waals surface area contributed by atoms with Gasteiger partial charge in [0.25, 0.3) is 5.91 Å². The van der Waals surface area contributed by atoms with Crippen molar-refractivity contribution in [1.82, 2.24) is 0 Å². The van der Waals surface area contributed by atoms with Crippen molar-refractivity contribution in [1.29, 1.82) is 0 Å². The third-order valence-corrected chi connectivity index (χ3v) is 4.09. The highest BCUT2D eigenvalue weighted by Gasteiger charge is 2.14. The van der Waals surface area contributed by atoms with Crippen LogP contribution in [-0.4, -0.2) is 5.91 Å². The van der Waals surface area contributed by atoms with Crippen molar-refractivity contribution in [3.63, 3.8) is 0 Å². The van der Waals surface area contributed by atoms with Gasteiger partial charge in [0, 0.05) is 9.50 Å². The Hall–Kier alpha value is -0.740. The van der Waals surface area contributed by atoms with Crippen LogP contribution in [0.5, 0.6) is 0 Å². The summed E-state index contributed by atoms with van der Waals surface area (Å²) < 4.78 is 0.705. The molecule has 0 heterocycles. The average Bonchev–Trinajstić information content (AvgIpc) is 2.33. The summed E-state index contributed by atoms with van der Waals surface area (Å²) >= 11 is 21.3. The van der Waals surface area contributed by atoms with E-state index in [-0.39, 0.29) is 5.91 Å². The van der Waals surface area contributed by atoms with Crippen molar-refractivity contribution < 1.29 is 4.79 Å². The maximum Gasteiger partial charge on any atom is 0.256 e. The highest BCUT2D eigenvalue weighted by Crippen LogP contribution is 2.34. The summed E-state index contributed by atoms with van der Waals surface area (Å²) in [5.41, 5.74) is 1.89. The summed E-state index contributed by atoms with van der Waals surface area (Å²) in [7, 11) is 0. The van der Waals surface area contributed by atoms with Crippen LogP contribution in [0.25, 0.3) is 0 Å². The molecular formula is C14H9BrCl3NO. The molecule has 2 rings (SSSR count). The summed E-state index contributed by atoms with van der Waals surface area (Å²) in [4.78, 5) is 12.2. The Kier molecular flexibility index (Phi) is 4.97. The number of hydrogen-bond donors (Lipinski definition) is 1. The number of amides is 1. The third-order valence-electron chi connectivity index (χ3n) is 2.61. The average molecular weight is 393 g/mol. The van der Waals surface area contributed by atoms with Gasteiger partial charge in [-0.3, -0.25) is 4.79 Å². The fourth-order valence-electron chi connectivity index (χ4n) is 1.65. The number of hydrogen-bond acceptors (Lipinski definition) is 1. The zero-order chi connectivity index (χ0) is 14.9. The summed E-state index contributed by atoms with van der Waals surface area (Å²) in [6, 6.07) is 8.49. The molecule has 104 valence electrons. The van der Waals surface area contributed by atoms with E-state index in [1.165, 1.54) is 12.1 Å². The van der Waals surface area contributed by atoms with Gasteiger partial charge in [-0.2, -0.15) is 0 Å². The molecule has 0 atom stereocenters. The second-order valence-electron chi connectivity index (χ2n) is 4.18. The fourth-order valence-corrected chi connectivity index (χ4v) is 3.23. The quantitative estimate of drug-likeness (QED) is 0.669. The second kappa shape index (κ2) is 6.35. The Balaban J connectivity index is 2.33. The molecule has 1 amide bonds. The molecule has 6 heteroatoms. The van der Waals surface area contributed by atoms with Gasteiger partial charge in [-0.15, -0.1) is 0 Å². The van der Waals surface area contributed by atoms with Gasteiger partial charge in [-0.05, 0) is 52.7 Å². The number of carbonyl (C=O) groups is 1. The lowest BCUT2D eigenvalue weighted by Gasteiger charge is -2.11. The standard InChI is InChI=1S/C14H9BrCl3NO/c1-7-2-3-9(10(15)4-7)14(20)19-13-11(17)5-8(16)6-12(13)18/h2-6H,1H3,(H,19,20). The first kappa shape index (κ1) is 15.6. The van der Waals surface area contributed by atoms with E-state index in [2.05, 4.69) is 21.2 Å². The Morgan fingerprint density at radius 1 is 1.10 bits per heavy atom. The van der Waals surface area contributed by atoms with Gasteiger partial charge in [0.15, 0.2) is 0 Å². The minimum atomic E-state index is -0.303. The minimum Gasteiger partial charge on any atom is -0.319 e. The molecule has 20 heavy (non-hydrogen) atoms. The molecule has 0 unspecified atom stereocenters. The van der Waals surface area contributed by atoms with Crippen LogP contribution in [0.4, 0.5) is 5.69 Å². The minimum absolute atomic E-state index is 0.291. The predicted molar refractivity (Wildman–Crippen MR) is 88.3 cm³/mol. The van der Waals surface area contributed by atoms with Crippen LogP contribution in [0.2, 0.25) is 15.1 Å². The van der Waals surface area contributed by atoms with E-state index >= 15 is 0 Å². The number of rotatable bonds is 2. The predicted octanol–water partition coefficient (Wildman–Crippen LogP) is 5.97. The zero-order valence-electron chi connectivity index (χ0n) is 10.3. The number of anilines is 1. The molecule has 0 radical (unpaired) electrons. The van der Waals surface area contributed by atoms with Crippen LogP contribution < -0.4 is 5.32 Å². The Morgan fingerprint density at radius 2 is 1.70 bits per heavy atom. The van der Waals surface area contributed by atoms with E-state index < -0.39 is 0 Å². The molecule has 1 N–H and O–H groups in total. The lowest BCUT2D eigenvalue weighted by Crippen LogP contribution is -2.13. The van der Waals surface area contributed by atoms with E-state index in [4.69, 9.17) is 34.8 Å². The molecule has 0 bridgehead atoms. The van der Waals surface area contributed by atoms with Gasteiger partial charge in [-0.1, -0.05) is 40.9 Å². The van der Waals surface area contributed by atoms with Gasteiger partial charge in [-0.25, -0.2) is 0 Å². The summed E-state index contributed by atoms with van der Waals surface area (Å²) in [6.45, 7) is 1.94. The first-order valence-corrected chi connectivity index (χ1v) is 7.53. The molecular weight excluding hydrogens is 384 g/mol. The van der Waals surface area contributed by atoms with Gasteiger partial charge < -0.3 is 5.32 Å². The number of aryl methyl sites for hydroxylation is 1. The first-order valence-electron chi connectivity index (χ1n) is 5.60. The highest BCUT2D eigenvalue weighted by molar-refractivity contribution is 9.10. The van der Waals surface area contributed by atoms with Crippen LogP contribution in [-0.2, 0) is 0 Å². The monoisotopic (exact) mass is 391 g/mol. The number of halogens is 4. The largest absolute Gasteiger partial charge is 0.319 e. The van der Waals surface area contributed by atoms with E-state index in [0.717, 1.165) is 5.56 Å². The van der Waals surface area contributed by atoms with Crippen LogP contribution in [0.1, 0.15) is 15.9 Å². The van der Waals surface area contributed by atoms with Crippen molar-refractivity contribution in [3.05, 3.63) is 61.0 Å². The smallest absolute Gasteiger partial charge is 0.256 e. The van der Waals surface area contributed by atoms with Crippen molar-refractivity contribution in [2.45, 2.75) is 6.92 Å².